The topological polar surface area (TPSA) is 62.3 Å². The smallest absolute Gasteiger partial charge is 0.266 e. The number of amides is 2. The lowest BCUT2D eigenvalue weighted by Crippen LogP contribution is -2.30. The highest BCUT2D eigenvalue weighted by Gasteiger charge is 2.33. The van der Waals surface area contributed by atoms with E-state index in [0.29, 0.717) is 17.3 Å². The molecule has 3 heterocycles. The summed E-state index contributed by atoms with van der Waals surface area (Å²) >= 11 is 2.89. The predicted octanol–water partition coefficient (Wildman–Crippen LogP) is 3.88. The number of thiazole rings is 1. The van der Waals surface area contributed by atoms with E-state index in [1.54, 1.807) is 5.51 Å². The highest BCUT2D eigenvalue weighted by molar-refractivity contribution is 7.14. The molecular weight excluding hydrogens is 354 g/mol. The number of thiophene rings is 1. The first-order valence-corrected chi connectivity index (χ1v) is 10.3. The summed E-state index contributed by atoms with van der Waals surface area (Å²) in [5.41, 5.74) is 2.51. The maximum Gasteiger partial charge on any atom is 0.266 e. The van der Waals surface area contributed by atoms with Gasteiger partial charge in [0.1, 0.15) is 4.88 Å². The molecule has 0 aromatic carbocycles. The second-order valence-corrected chi connectivity index (χ2v) is 8.70. The Kier molecular flexibility index (Phi) is 5.54. The fraction of sp³-hybridized carbons (Fsp3) is 0.500. The normalized spacial score (nSPS) is 17.3. The minimum atomic E-state index is -0.0286. The van der Waals surface area contributed by atoms with Crippen LogP contribution < -0.4 is 5.32 Å². The third-order valence-electron chi connectivity index (χ3n) is 4.30. The van der Waals surface area contributed by atoms with Crippen LogP contribution in [0.2, 0.25) is 0 Å². The van der Waals surface area contributed by atoms with Crippen LogP contribution in [-0.2, 0) is 0 Å². The zero-order valence-electron chi connectivity index (χ0n) is 14.7. The number of nitrogens with zero attached hydrogens (tertiary/aromatic N) is 2. The Balaban J connectivity index is 1.74. The standard InChI is InChI=1S/C18H23N3O2S2/c1-11(2)9-19-17(22)15-7-6-14(25-15)13-5-4-8-21(13)18(23)16-12(3)20-10-24-16/h6-7,10-11,13H,4-5,8-9H2,1-3H3,(H,19,22)/t13-/m0/s1. The van der Waals surface area contributed by atoms with E-state index in [-0.39, 0.29) is 17.9 Å². The molecule has 1 aliphatic heterocycles. The third kappa shape index (κ3) is 3.93. The molecule has 25 heavy (non-hydrogen) atoms. The molecule has 2 aromatic rings. The van der Waals surface area contributed by atoms with Crippen molar-refractivity contribution < 1.29 is 9.59 Å². The van der Waals surface area contributed by atoms with Gasteiger partial charge in [-0.2, -0.15) is 0 Å². The van der Waals surface area contributed by atoms with Crippen molar-refractivity contribution in [1.82, 2.24) is 15.2 Å². The number of likely N-dealkylation sites (tertiary alicyclic amines) is 1. The summed E-state index contributed by atoms with van der Waals surface area (Å²) in [5.74, 6) is 0.454. The van der Waals surface area contributed by atoms with Crippen molar-refractivity contribution in [3.8, 4) is 0 Å². The average molecular weight is 378 g/mol. The van der Waals surface area contributed by atoms with Crippen LogP contribution in [0.5, 0.6) is 0 Å². The number of carbonyl (C=O) groups is 2. The number of aryl methyl sites for hydroxylation is 1. The van der Waals surface area contributed by atoms with Gasteiger partial charge in [0.2, 0.25) is 0 Å². The molecule has 5 nitrogen and oxygen atoms in total. The van der Waals surface area contributed by atoms with Crippen molar-refractivity contribution in [3.05, 3.63) is 38.0 Å². The van der Waals surface area contributed by atoms with Gasteiger partial charge in [-0.15, -0.1) is 22.7 Å². The van der Waals surface area contributed by atoms with Gasteiger partial charge in [-0.25, -0.2) is 4.98 Å². The number of nitrogens with one attached hydrogen (secondary N) is 1. The van der Waals surface area contributed by atoms with Gasteiger partial charge in [0, 0.05) is 18.0 Å². The molecule has 0 aliphatic carbocycles. The van der Waals surface area contributed by atoms with Crippen LogP contribution in [-0.4, -0.2) is 34.8 Å². The van der Waals surface area contributed by atoms with E-state index in [2.05, 4.69) is 24.1 Å². The van der Waals surface area contributed by atoms with Crippen molar-refractivity contribution in [3.63, 3.8) is 0 Å². The third-order valence-corrected chi connectivity index (χ3v) is 6.41. The van der Waals surface area contributed by atoms with Crippen LogP contribution in [0.15, 0.2) is 17.6 Å². The molecule has 0 radical (unpaired) electrons. The zero-order chi connectivity index (χ0) is 18.0. The monoisotopic (exact) mass is 377 g/mol. The minimum absolute atomic E-state index is 0.0286. The number of hydrogen-bond donors (Lipinski definition) is 1. The number of hydrogen-bond acceptors (Lipinski definition) is 5. The number of rotatable bonds is 5. The molecule has 0 bridgehead atoms. The van der Waals surface area contributed by atoms with Crippen LogP contribution in [0.3, 0.4) is 0 Å². The van der Waals surface area contributed by atoms with Gasteiger partial charge in [-0.3, -0.25) is 9.59 Å². The van der Waals surface area contributed by atoms with E-state index in [0.717, 1.165) is 34.8 Å². The van der Waals surface area contributed by atoms with E-state index in [9.17, 15) is 9.59 Å². The number of carbonyl (C=O) groups excluding carboxylic acids is 2. The molecule has 0 unspecified atom stereocenters. The molecule has 0 spiro atoms. The Bertz CT molecular complexity index is 766. The van der Waals surface area contributed by atoms with Crippen molar-refractivity contribution in [2.75, 3.05) is 13.1 Å². The van der Waals surface area contributed by atoms with Crippen LogP contribution in [0, 0.1) is 12.8 Å². The van der Waals surface area contributed by atoms with Crippen molar-refractivity contribution in [2.45, 2.75) is 39.7 Å². The Morgan fingerprint density at radius 3 is 2.88 bits per heavy atom. The Labute approximate surface area is 156 Å². The Morgan fingerprint density at radius 2 is 2.20 bits per heavy atom. The maximum absolute atomic E-state index is 12.9. The van der Waals surface area contributed by atoms with Gasteiger partial charge >= 0.3 is 0 Å². The molecular formula is C18H23N3O2S2. The fourth-order valence-electron chi connectivity index (χ4n) is 2.98. The molecule has 1 aliphatic rings. The average Bonchev–Trinajstić information content (AvgIpc) is 3.30. The summed E-state index contributed by atoms with van der Waals surface area (Å²) in [6.45, 7) is 7.45. The minimum Gasteiger partial charge on any atom is -0.351 e. The summed E-state index contributed by atoms with van der Waals surface area (Å²) in [7, 11) is 0. The van der Waals surface area contributed by atoms with Crippen molar-refractivity contribution in [2.24, 2.45) is 5.92 Å². The molecule has 134 valence electrons. The molecule has 1 saturated heterocycles. The highest BCUT2D eigenvalue weighted by Crippen LogP contribution is 2.37. The van der Waals surface area contributed by atoms with Gasteiger partial charge in [0.25, 0.3) is 11.8 Å². The first-order chi connectivity index (χ1) is 12.0. The fourth-order valence-corrected chi connectivity index (χ4v) is 4.81. The van der Waals surface area contributed by atoms with E-state index in [1.807, 2.05) is 24.0 Å². The zero-order valence-corrected chi connectivity index (χ0v) is 16.4. The van der Waals surface area contributed by atoms with Crippen molar-refractivity contribution in [1.29, 1.82) is 0 Å². The SMILES string of the molecule is Cc1ncsc1C(=O)N1CCC[C@H]1c1ccc(C(=O)NCC(C)C)s1. The van der Waals surface area contributed by atoms with E-state index >= 15 is 0 Å². The number of aromatic nitrogens is 1. The molecule has 7 heteroatoms. The first kappa shape index (κ1) is 18.1. The largest absolute Gasteiger partial charge is 0.351 e. The molecule has 3 rings (SSSR count). The Hall–Kier alpha value is -1.73. The van der Waals surface area contributed by atoms with Gasteiger partial charge in [0.15, 0.2) is 0 Å². The van der Waals surface area contributed by atoms with Crippen LogP contribution in [0.4, 0.5) is 0 Å². The predicted molar refractivity (Wildman–Crippen MR) is 101 cm³/mol. The van der Waals surface area contributed by atoms with E-state index < -0.39 is 0 Å². The summed E-state index contributed by atoms with van der Waals surface area (Å²) < 4.78 is 0. The van der Waals surface area contributed by atoms with Gasteiger partial charge in [0.05, 0.1) is 22.1 Å². The molecule has 1 N–H and O–H groups in total. The molecule has 2 amide bonds. The summed E-state index contributed by atoms with van der Waals surface area (Å²) in [6, 6.07) is 3.92. The lowest BCUT2D eigenvalue weighted by molar-refractivity contribution is 0.0741. The quantitative estimate of drug-likeness (QED) is 0.860. The van der Waals surface area contributed by atoms with Crippen LogP contribution in [0.25, 0.3) is 0 Å². The summed E-state index contributed by atoms with van der Waals surface area (Å²) in [4.78, 5) is 33.7. The summed E-state index contributed by atoms with van der Waals surface area (Å²) in [6.07, 6.45) is 1.93. The van der Waals surface area contributed by atoms with Crippen LogP contribution in [0.1, 0.15) is 62.6 Å². The lowest BCUT2D eigenvalue weighted by Gasteiger charge is -2.23. The van der Waals surface area contributed by atoms with Crippen molar-refractivity contribution >= 4 is 34.5 Å². The van der Waals surface area contributed by atoms with Crippen LogP contribution >= 0.6 is 22.7 Å². The first-order valence-electron chi connectivity index (χ1n) is 8.56. The van der Waals surface area contributed by atoms with Gasteiger partial charge in [-0.05, 0) is 37.8 Å². The molecule has 1 fully saturated rings. The second kappa shape index (κ2) is 7.66. The molecule has 2 aromatic heterocycles. The van der Waals surface area contributed by atoms with Gasteiger partial charge < -0.3 is 10.2 Å². The molecule has 0 saturated carbocycles. The maximum atomic E-state index is 12.9. The van der Waals surface area contributed by atoms with Gasteiger partial charge in [-0.1, -0.05) is 13.8 Å². The van der Waals surface area contributed by atoms with E-state index in [4.69, 9.17) is 0 Å². The second-order valence-electron chi connectivity index (χ2n) is 6.73. The molecule has 1 atom stereocenters. The lowest BCUT2D eigenvalue weighted by atomic mass is 10.2. The Morgan fingerprint density at radius 1 is 1.40 bits per heavy atom. The highest BCUT2D eigenvalue weighted by atomic mass is 32.1. The van der Waals surface area contributed by atoms with E-state index in [1.165, 1.54) is 22.7 Å². The summed E-state index contributed by atoms with van der Waals surface area (Å²) in [5, 5.41) is 2.95.